The summed E-state index contributed by atoms with van der Waals surface area (Å²) in [5.74, 6) is 0.658. The first-order valence-corrected chi connectivity index (χ1v) is 5.95. The first-order valence-electron chi connectivity index (χ1n) is 5.95. The van der Waals surface area contributed by atoms with Gasteiger partial charge in [-0.3, -0.25) is 5.23 Å². The molecule has 2 aromatic rings. The molecule has 3 rings (SSSR count). The van der Waals surface area contributed by atoms with Crippen LogP contribution in [-0.2, 0) is 4.94 Å². The standard InChI is InChI=1S/C14H13N2O3/c1-10-6-5-9-14(11(10)2)18-16-13-8-4-3-7-12(13)15(17)19-16/h3-9H,1-2H3/q-1. The lowest BCUT2D eigenvalue weighted by Gasteiger charge is -2.23. The van der Waals surface area contributed by atoms with Gasteiger partial charge in [0.1, 0.15) is 5.69 Å². The molecule has 98 valence electrons. The molecule has 0 radical (unpaired) electrons. The van der Waals surface area contributed by atoms with Gasteiger partial charge in [-0.2, -0.15) is 0 Å². The molecule has 0 N–H and O–H groups in total. The van der Waals surface area contributed by atoms with Crippen molar-refractivity contribution in [1.82, 2.24) is 0 Å². The van der Waals surface area contributed by atoms with Crippen LogP contribution in [0.2, 0.25) is 0 Å². The van der Waals surface area contributed by atoms with Crippen molar-refractivity contribution in [1.29, 1.82) is 0 Å². The fraction of sp³-hybridized carbons (Fsp3) is 0.143. The zero-order valence-electron chi connectivity index (χ0n) is 10.7. The van der Waals surface area contributed by atoms with E-state index in [4.69, 9.17) is 9.78 Å². The van der Waals surface area contributed by atoms with E-state index >= 15 is 0 Å². The topological polar surface area (TPSA) is 48.0 Å². The number of aryl methyl sites for hydroxylation is 1. The van der Waals surface area contributed by atoms with Crippen molar-refractivity contribution in [3.05, 3.63) is 58.8 Å². The SMILES string of the molecule is Cc1cccc(ON2ON([O-])c3ccccc32)c1C. The molecule has 0 saturated heterocycles. The van der Waals surface area contributed by atoms with Gasteiger partial charge in [-0.25, -0.2) is 0 Å². The number of hydrogen-bond acceptors (Lipinski definition) is 5. The summed E-state index contributed by atoms with van der Waals surface area (Å²) in [5, 5.41) is 13.2. The number of benzene rings is 2. The quantitative estimate of drug-likeness (QED) is 0.826. The maximum absolute atomic E-state index is 11.6. The second kappa shape index (κ2) is 4.46. The fourth-order valence-electron chi connectivity index (χ4n) is 1.91. The number of nitrogens with zero attached hydrogens (tertiary/aromatic N) is 2. The van der Waals surface area contributed by atoms with Crippen LogP contribution in [0.4, 0.5) is 11.4 Å². The van der Waals surface area contributed by atoms with Crippen molar-refractivity contribution in [2.75, 3.05) is 10.5 Å². The van der Waals surface area contributed by atoms with Crippen molar-refractivity contribution in [2.24, 2.45) is 0 Å². The van der Waals surface area contributed by atoms with E-state index in [0.717, 1.165) is 16.4 Å². The Labute approximate surface area is 111 Å². The van der Waals surface area contributed by atoms with Crippen LogP contribution < -0.4 is 15.3 Å². The second-order valence-corrected chi connectivity index (χ2v) is 4.37. The minimum atomic E-state index is 0.424. The molecular formula is C14H13N2O3-. The molecule has 0 saturated carbocycles. The van der Waals surface area contributed by atoms with Gasteiger partial charge in [0.15, 0.2) is 5.75 Å². The zero-order valence-corrected chi connectivity index (χ0v) is 10.7. The summed E-state index contributed by atoms with van der Waals surface area (Å²) >= 11 is 0. The Morgan fingerprint density at radius 1 is 1.00 bits per heavy atom. The van der Waals surface area contributed by atoms with Crippen LogP contribution >= 0.6 is 0 Å². The van der Waals surface area contributed by atoms with E-state index < -0.39 is 0 Å². The van der Waals surface area contributed by atoms with Gasteiger partial charge in [-0.05, 0) is 43.2 Å². The molecule has 0 bridgehead atoms. The Morgan fingerprint density at radius 3 is 2.53 bits per heavy atom. The summed E-state index contributed by atoms with van der Waals surface area (Å²) in [6.45, 7) is 3.96. The van der Waals surface area contributed by atoms with Crippen LogP contribution in [0.3, 0.4) is 0 Å². The lowest BCUT2D eigenvalue weighted by atomic mass is 10.1. The van der Waals surface area contributed by atoms with Gasteiger partial charge < -0.3 is 10.0 Å². The minimum Gasteiger partial charge on any atom is -0.731 e. The molecule has 19 heavy (non-hydrogen) atoms. The first-order chi connectivity index (χ1) is 9.16. The number of rotatable bonds is 2. The number of anilines is 2. The molecular weight excluding hydrogens is 244 g/mol. The number of hydrogen-bond donors (Lipinski definition) is 0. The molecule has 0 aromatic heterocycles. The van der Waals surface area contributed by atoms with Crippen molar-refractivity contribution >= 4 is 11.4 Å². The maximum Gasteiger partial charge on any atom is 0.161 e. The molecule has 0 unspecified atom stereocenters. The fourth-order valence-corrected chi connectivity index (χ4v) is 1.91. The molecule has 0 fully saturated rings. The molecule has 5 heteroatoms. The molecule has 0 amide bonds. The Bertz CT molecular complexity index is 615. The Balaban J connectivity index is 1.91. The van der Waals surface area contributed by atoms with E-state index in [9.17, 15) is 5.21 Å². The van der Waals surface area contributed by atoms with E-state index in [1.807, 2.05) is 38.1 Å². The van der Waals surface area contributed by atoms with Crippen LogP contribution in [0.5, 0.6) is 5.75 Å². The molecule has 1 aliphatic heterocycles. The lowest BCUT2D eigenvalue weighted by molar-refractivity contribution is -0.0109. The third kappa shape index (κ3) is 1.99. The van der Waals surface area contributed by atoms with Crippen LogP contribution in [0.1, 0.15) is 11.1 Å². The normalized spacial score (nSPS) is 13.6. The molecule has 5 nitrogen and oxygen atoms in total. The number of para-hydroxylation sites is 2. The summed E-state index contributed by atoms with van der Waals surface area (Å²) in [6.07, 6.45) is 0. The number of fused-ring (bicyclic) bond motifs is 1. The highest BCUT2D eigenvalue weighted by atomic mass is 17.1. The third-order valence-corrected chi connectivity index (χ3v) is 3.16. The summed E-state index contributed by atoms with van der Waals surface area (Å²) in [4.78, 5) is 10.7. The van der Waals surface area contributed by atoms with E-state index in [0.29, 0.717) is 22.4 Å². The van der Waals surface area contributed by atoms with Gasteiger partial charge in [0, 0.05) is 0 Å². The van der Waals surface area contributed by atoms with Crippen LogP contribution in [0, 0.1) is 19.1 Å². The Morgan fingerprint density at radius 2 is 1.74 bits per heavy atom. The smallest absolute Gasteiger partial charge is 0.161 e. The first kappa shape index (κ1) is 11.8. The molecule has 0 atom stereocenters. The van der Waals surface area contributed by atoms with E-state index in [1.165, 1.54) is 0 Å². The molecule has 1 aliphatic rings. The van der Waals surface area contributed by atoms with E-state index in [-0.39, 0.29) is 0 Å². The highest BCUT2D eigenvalue weighted by Gasteiger charge is 2.24. The maximum atomic E-state index is 11.6. The van der Waals surface area contributed by atoms with Gasteiger partial charge >= 0.3 is 0 Å². The van der Waals surface area contributed by atoms with Gasteiger partial charge in [-0.15, -0.1) is 4.94 Å². The molecule has 1 heterocycles. The van der Waals surface area contributed by atoms with Crippen molar-refractivity contribution in [3.8, 4) is 5.75 Å². The van der Waals surface area contributed by atoms with E-state index in [1.54, 1.807) is 18.2 Å². The average molecular weight is 257 g/mol. The highest BCUT2D eigenvalue weighted by molar-refractivity contribution is 5.71. The predicted molar refractivity (Wildman–Crippen MR) is 72.4 cm³/mol. The van der Waals surface area contributed by atoms with Crippen molar-refractivity contribution in [3.63, 3.8) is 0 Å². The minimum absolute atomic E-state index is 0.424. The third-order valence-electron chi connectivity index (χ3n) is 3.16. The summed E-state index contributed by atoms with van der Waals surface area (Å²) in [5.41, 5.74) is 3.13. The van der Waals surface area contributed by atoms with E-state index in [2.05, 4.69) is 0 Å². The van der Waals surface area contributed by atoms with Crippen molar-refractivity contribution in [2.45, 2.75) is 13.8 Å². The van der Waals surface area contributed by atoms with Gasteiger partial charge in [-0.1, -0.05) is 29.5 Å². The largest absolute Gasteiger partial charge is 0.731 e. The van der Waals surface area contributed by atoms with Gasteiger partial charge in [0.2, 0.25) is 0 Å². The average Bonchev–Trinajstić information content (AvgIpc) is 2.73. The van der Waals surface area contributed by atoms with Crippen molar-refractivity contribution < 1.29 is 9.78 Å². The summed E-state index contributed by atoms with van der Waals surface area (Å²) in [6, 6.07) is 12.8. The summed E-state index contributed by atoms with van der Waals surface area (Å²) < 4.78 is 0. The zero-order chi connectivity index (χ0) is 13.4. The second-order valence-electron chi connectivity index (χ2n) is 4.37. The lowest BCUT2D eigenvalue weighted by Crippen LogP contribution is -2.27. The predicted octanol–water partition coefficient (Wildman–Crippen LogP) is 3.27. The van der Waals surface area contributed by atoms with Gasteiger partial charge in [0.25, 0.3) is 0 Å². The van der Waals surface area contributed by atoms with Crippen LogP contribution in [0.15, 0.2) is 42.5 Å². The Kier molecular flexibility index (Phi) is 2.77. The summed E-state index contributed by atoms with van der Waals surface area (Å²) in [7, 11) is 0. The van der Waals surface area contributed by atoms with Crippen LogP contribution in [0.25, 0.3) is 0 Å². The van der Waals surface area contributed by atoms with Gasteiger partial charge in [0.05, 0.1) is 5.69 Å². The molecule has 2 aromatic carbocycles. The Hall–Kier alpha value is -2.24. The molecule has 0 spiro atoms. The highest BCUT2D eigenvalue weighted by Crippen LogP contribution is 2.37. The molecule has 0 aliphatic carbocycles. The monoisotopic (exact) mass is 257 g/mol. The van der Waals surface area contributed by atoms with Crippen LogP contribution in [-0.4, -0.2) is 0 Å².